The third-order valence-electron chi connectivity index (χ3n) is 4.07. The molecule has 0 radical (unpaired) electrons. The number of methoxy groups -OCH3 is 1. The van der Waals surface area contributed by atoms with Gasteiger partial charge >= 0.3 is 0 Å². The molecule has 7 nitrogen and oxygen atoms in total. The number of ether oxygens (including phenoxy) is 1. The summed E-state index contributed by atoms with van der Waals surface area (Å²) in [5.74, 6) is 1.35. The van der Waals surface area contributed by atoms with Gasteiger partial charge in [0.25, 0.3) is 0 Å². The average Bonchev–Trinajstić information content (AvgIpc) is 3.29. The van der Waals surface area contributed by atoms with Crippen LogP contribution in [0.15, 0.2) is 55.2 Å². The highest BCUT2D eigenvalue weighted by molar-refractivity contribution is 5.78. The van der Waals surface area contributed by atoms with E-state index in [4.69, 9.17) is 9.84 Å². The molecule has 0 fully saturated rings. The fourth-order valence-electron chi connectivity index (χ4n) is 2.87. The highest BCUT2D eigenvalue weighted by Crippen LogP contribution is 2.25. The Hall–Kier alpha value is -3.19. The first-order valence-electron chi connectivity index (χ1n) is 7.90. The second-order valence-electron chi connectivity index (χ2n) is 5.54. The van der Waals surface area contributed by atoms with Gasteiger partial charge in [0.15, 0.2) is 0 Å². The van der Waals surface area contributed by atoms with E-state index in [1.807, 2.05) is 45.7 Å². The first-order valence-corrected chi connectivity index (χ1v) is 7.90. The van der Waals surface area contributed by atoms with Crippen LogP contribution in [-0.4, -0.2) is 42.9 Å². The lowest BCUT2D eigenvalue weighted by Gasteiger charge is -2.09. The molecule has 7 heteroatoms. The van der Waals surface area contributed by atoms with E-state index in [0.29, 0.717) is 12.4 Å². The minimum Gasteiger partial charge on any atom is -0.481 e. The molecule has 1 aromatic carbocycles. The van der Waals surface area contributed by atoms with Gasteiger partial charge in [0.2, 0.25) is 5.88 Å². The van der Waals surface area contributed by atoms with Crippen molar-refractivity contribution in [3.05, 3.63) is 55.2 Å². The largest absolute Gasteiger partial charge is 0.481 e. The van der Waals surface area contributed by atoms with Gasteiger partial charge in [-0.05, 0) is 24.3 Å². The fraction of sp³-hybridized carbons (Fsp3) is 0.167. The van der Waals surface area contributed by atoms with Crippen LogP contribution in [0.3, 0.4) is 0 Å². The van der Waals surface area contributed by atoms with E-state index in [1.165, 1.54) is 0 Å². The minimum absolute atomic E-state index is 0.0861. The van der Waals surface area contributed by atoms with Gasteiger partial charge in [0, 0.05) is 42.5 Å². The van der Waals surface area contributed by atoms with Crippen LogP contribution in [0.4, 0.5) is 0 Å². The summed E-state index contributed by atoms with van der Waals surface area (Å²) in [6, 6.07) is 9.78. The van der Waals surface area contributed by atoms with Gasteiger partial charge in [0.1, 0.15) is 5.82 Å². The van der Waals surface area contributed by atoms with Gasteiger partial charge in [-0.25, -0.2) is 15.0 Å². The molecule has 4 aromatic rings. The standard InChI is InChI=1S/C18H17N5O2/c1-25-17-10-13(4-5-19-17)18-20-6-7-23(18)14-2-3-16-15(11-14)21-12-22(16)8-9-24/h2-7,10-12,24H,8-9H2,1H3. The van der Waals surface area contributed by atoms with Crippen molar-refractivity contribution in [1.29, 1.82) is 0 Å². The summed E-state index contributed by atoms with van der Waals surface area (Å²) in [5.41, 5.74) is 3.75. The molecule has 3 heterocycles. The molecule has 25 heavy (non-hydrogen) atoms. The maximum absolute atomic E-state index is 9.13. The van der Waals surface area contributed by atoms with E-state index in [0.717, 1.165) is 28.1 Å². The van der Waals surface area contributed by atoms with Crippen molar-refractivity contribution >= 4 is 11.0 Å². The van der Waals surface area contributed by atoms with Crippen molar-refractivity contribution in [3.8, 4) is 23.0 Å². The number of pyridine rings is 1. The van der Waals surface area contributed by atoms with Gasteiger partial charge in [-0.1, -0.05) is 0 Å². The Bertz CT molecular complexity index is 1020. The second kappa shape index (κ2) is 6.37. The van der Waals surface area contributed by atoms with E-state index >= 15 is 0 Å². The maximum atomic E-state index is 9.13. The topological polar surface area (TPSA) is 78.0 Å². The second-order valence-corrected chi connectivity index (χ2v) is 5.54. The van der Waals surface area contributed by atoms with Crippen molar-refractivity contribution in [1.82, 2.24) is 24.1 Å². The first kappa shape index (κ1) is 15.3. The quantitative estimate of drug-likeness (QED) is 0.605. The number of aliphatic hydroxyl groups excluding tert-OH is 1. The van der Waals surface area contributed by atoms with E-state index in [-0.39, 0.29) is 6.61 Å². The van der Waals surface area contributed by atoms with Crippen LogP contribution in [0.2, 0.25) is 0 Å². The molecular formula is C18H17N5O2. The molecule has 0 saturated heterocycles. The molecule has 0 atom stereocenters. The van der Waals surface area contributed by atoms with Crippen LogP contribution in [0.5, 0.6) is 5.88 Å². The summed E-state index contributed by atoms with van der Waals surface area (Å²) in [6.45, 7) is 0.617. The predicted molar refractivity (Wildman–Crippen MR) is 93.7 cm³/mol. The fourth-order valence-corrected chi connectivity index (χ4v) is 2.87. The number of benzene rings is 1. The van der Waals surface area contributed by atoms with Crippen LogP contribution in [0, 0.1) is 0 Å². The number of hydrogen-bond donors (Lipinski definition) is 1. The third-order valence-corrected chi connectivity index (χ3v) is 4.07. The molecule has 0 aliphatic rings. The molecule has 0 unspecified atom stereocenters. The van der Waals surface area contributed by atoms with Gasteiger partial charge in [-0.3, -0.25) is 4.57 Å². The first-order chi connectivity index (χ1) is 12.3. The van der Waals surface area contributed by atoms with Gasteiger partial charge in [-0.2, -0.15) is 0 Å². The average molecular weight is 335 g/mol. The summed E-state index contributed by atoms with van der Waals surface area (Å²) in [6.07, 6.45) is 7.12. The van der Waals surface area contributed by atoms with Crippen molar-refractivity contribution < 1.29 is 9.84 Å². The number of imidazole rings is 2. The number of aromatic nitrogens is 5. The SMILES string of the molecule is COc1cc(-c2nccn2-c2ccc3c(c2)ncn3CCO)ccn1. The van der Waals surface area contributed by atoms with Crippen LogP contribution in [0.1, 0.15) is 0 Å². The summed E-state index contributed by atoms with van der Waals surface area (Å²) < 4.78 is 9.13. The highest BCUT2D eigenvalue weighted by Gasteiger charge is 2.11. The zero-order chi connectivity index (χ0) is 17.2. The normalized spacial score (nSPS) is 11.1. The molecule has 4 rings (SSSR count). The maximum Gasteiger partial charge on any atom is 0.213 e. The van der Waals surface area contributed by atoms with E-state index < -0.39 is 0 Å². The van der Waals surface area contributed by atoms with Crippen LogP contribution in [0.25, 0.3) is 28.1 Å². The zero-order valence-corrected chi connectivity index (χ0v) is 13.7. The lowest BCUT2D eigenvalue weighted by Crippen LogP contribution is -2.00. The van der Waals surface area contributed by atoms with E-state index in [2.05, 4.69) is 15.0 Å². The van der Waals surface area contributed by atoms with E-state index in [1.54, 1.807) is 25.8 Å². The number of hydrogen-bond acceptors (Lipinski definition) is 5. The number of fused-ring (bicyclic) bond motifs is 1. The van der Waals surface area contributed by atoms with Crippen LogP contribution < -0.4 is 4.74 Å². The van der Waals surface area contributed by atoms with Crippen molar-refractivity contribution in [3.63, 3.8) is 0 Å². The van der Waals surface area contributed by atoms with Crippen LogP contribution in [-0.2, 0) is 6.54 Å². The van der Waals surface area contributed by atoms with Gasteiger partial charge < -0.3 is 14.4 Å². The lowest BCUT2D eigenvalue weighted by atomic mass is 10.2. The van der Waals surface area contributed by atoms with Crippen molar-refractivity contribution in [2.75, 3.05) is 13.7 Å². The molecule has 0 spiro atoms. The predicted octanol–water partition coefficient (Wildman–Crippen LogP) is 2.28. The third kappa shape index (κ3) is 2.74. The molecule has 126 valence electrons. The highest BCUT2D eigenvalue weighted by atomic mass is 16.5. The Morgan fingerprint density at radius 3 is 2.84 bits per heavy atom. The molecule has 0 saturated carbocycles. The minimum atomic E-state index is 0.0861. The molecule has 0 aliphatic carbocycles. The summed E-state index contributed by atoms with van der Waals surface area (Å²) in [4.78, 5) is 13.0. The molecule has 1 N–H and O–H groups in total. The lowest BCUT2D eigenvalue weighted by molar-refractivity contribution is 0.278. The van der Waals surface area contributed by atoms with Gasteiger partial charge in [-0.15, -0.1) is 0 Å². The Labute approximate surface area is 144 Å². The Morgan fingerprint density at radius 2 is 2.00 bits per heavy atom. The number of aliphatic hydroxyl groups is 1. The molecule has 3 aromatic heterocycles. The number of nitrogens with zero attached hydrogens (tertiary/aromatic N) is 5. The Kier molecular flexibility index (Phi) is 3.91. The summed E-state index contributed by atoms with van der Waals surface area (Å²) in [5, 5.41) is 9.13. The molecular weight excluding hydrogens is 318 g/mol. The molecule has 0 bridgehead atoms. The van der Waals surface area contributed by atoms with Crippen molar-refractivity contribution in [2.45, 2.75) is 6.54 Å². The summed E-state index contributed by atoms with van der Waals surface area (Å²) in [7, 11) is 1.59. The van der Waals surface area contributed by atoms with Crippen molar-refractivity contribution in [2.24, 2.45) is 0 Å². The zero-order valence-electron chi connectivity index (χ0n) is 13.7. The van der Waals surface area contributed by atoms with Crippen LogP contribution >= 0.6 is 0 Å². The number of rotatable bonds is 5. The Balaban J connectivity index is 1.78. The monoisotopic (exact) mass is 335 g/mol. The molecule has 0 aliphatic heterocycles. The Morgan fingerprint density at radius 1 is 1.08 bits per heavy atom. The van der Waals surface area contributed by atoms with Gasteiger partial charge in [0.05, 0.1) is 31.1 Å². The van der Waals surface area contributed by atoms with E-state index in [9.17, 15) is 0 Å². The summed E-state index contributed by atoms with van der Waals surface area (Å²) >= 11 is 0. The smallest absolute Gasteiger partial charge is 0.213 e. The molecule has 0 amide bonds.